The molecule has 27 heavy (non-hydrogen) atoms. The van der Waals surface area contributed by atoms with Crippen LogP contribution in [0.1, 0.15) is 20.8 Å². The second-order valence-electron chi connectivity index (χ2n) is 7.37. The zero-order chi connectivity index (χ0) is 19.9. The number of phenolic OH excluding ortho intramolecular Hbond substituents is 1. The van der Waals surface area contributed by atoms with Crippen LogP contribution >= 0.6 is 0 Å². The van der Waals surface area contributed by atoms with Gasteiger partial charge in [-0.2, -0.15) is 0 Å². The van der Waals surface area contributed by atoms with Crippen LogP contribution in [0.3, 0.4) is 0 Å². The molecule has 0 aromatic heterocycles. The Labute approximate surface area is 161 Å². The summed E-state index contributed by atoms with van der Waals surface area (Å²) < 4.78 is 5.21. The fourth-order valence-electron chi connectivity index (χ4n) is 2.88. The molecule has 3 N–H and O–H groups in total. The number of rotatable bonds is 4. The van der Waals surface area contributed by atoms with Crippen molar-refractivity contribution in [3.05, 3.63) is 24.3 Å². The van der Waals surface area contributed by atoms with Gasteiger partial charge in [-0.3, -0.25) is 4.99 Å². The van der Waals surface area contributed by atoms with Crippen molar-refractivity contribution in [3.63, 3.8) is 0 Å². The molecule has 0 aliphatic carbocycles. The molecule has 2 rings (SSSR count). The quantitative estimate of drug-likeness (QED) is 0.420. The van der Waals surface area contributed by atoms with Gasteiger partial charge in [0.05, 0.1) is 5.69 Å². The lowest BCUT2D eigenvalue weighted by Crippen LogP contribution is -2.53. The number of para-hydroxylation sites is 2. The van der Waals surface area contributed by atoms with Crippen molar-refractivity contribution < 1.29 is 14.6 Å². The largest absolute Gasteiger partial charge is 0.506 e. The molecule has 150 valence electrons. The molecule has 1 aromatic carbocycles. The van der Waals surface area contributed by atoms with Crippen LogP contribution in [0.5, 0.6) is 5.75 Å². The van der Waals surface area contributed by atoms with E-state index in [1.54, 1.807) is 13.1 Å². The van der Waals surface area contributed by atoms with E-state index >= 15 is 0 Å². The van der Waals surface area contributed by atoms with Gasteiger partial charge < -0.3 is 30.3 Å². The second kappa shape index (κ2) is 9.34. The van der Waals surface area contributed by atoms with E-state index in [1.165, 1.54) is 0 Å². The summed E-state index contributed by atoms with van der Waals surface area (Å²) in [5, 5.41) is 16.0. The SMILES string of the molecule is CN=C(NCCNC(=O)OC(C)(C)C)N1CCN(c2ccccc2O)CC1. The number of amides is 1. The lowest BCUT2D eigenvalue weighted by Gasteiger charge is -2.37. The number of carbonyl (C=O) groups is 1. The predicted molar refractivity (Wildman–Crippen MR) is 107 cm³/mol. The first-order chi connectivity index (χ1) is 12.8. The molecule has 1 aliphatic rings. The Balaban J connectivity index is 1.74. The minimum absolute atomic E-state index is 0.307. The number of piperazine rings is 1. The molecule has 1 aliphatic heterocycles. The number of ether oxygens (including phenoxy) is 1. The van der Waals surface area contributed by atoms with Crippen molar-refractivity contribution in [1.82, 2.24) is 15.5 Å². The maximum Gasteiger partial charge on any atom is 0.407 e. The molecule has 0 atom stereocenters. The minimum atomic E-state index is -0.500. The molecule has 0 bridgehead atoms. The summed E-state index contributed by atoms with van der Waals surface area (Å²) in [7, 11) is 1.75. The zero-order valence-electron chi connectivity index (χ0n) is 16.7. The Morgan fingerprint density at radius 3 is 2.37 bits per heavy atom. The average Bonchev–Trinajstić information content (AvgIpc) is 2.61. The summed E-state index contributed by atoms with van der Waals surface area (Å²) in [6.07, 6.45) is -0.421. The van der Waals surface area contributed by atoms with E-state index in [0.717, 1.165) is 37.8 Å². The van der Waals surface area contributed by atoms with Crippen LogP contribution < -0.4 is 15.5 Å². The van der Waals surface area contributed by atoms with Crippen LogP contribution in [-0.2, 0) is 4.74 Å². The van der Waals surface area contributed by atoms with Gasteiger partial charge in [0, 0.05) is 46.3 Å². The highest BCUT2D eigenvalue weighted by Gasteiger charge is 2.21. The number of nitrogens with one attached hydrogen (secondary N) is 2. The van der Waals surface area contributed by atoms with E-state index in [9.17, 15) is 9.90 Å². The van der Waals surface area contributed by atoms with Crippen LogP contribution in [0, 0.1) is 0 Å². The number of alkyl carbamates (subject to hydrolysis) is 1. The Morgan fingerprint density at radius 1 is 1.15 bits per heavy atom. The first-order valence-corrected chi connectivity index (χ1v) is 9.25. The molecule has 1 saturated heterocycles. The number of guanidine groups is 1. The first-order valence-electron chi connectivity index (χ1n) is 9.25. The Morgan fingerprint density at radius 2 is 1.78 bits per heavy atom. The number of hydrogen-bond donors (Lipinski definition) is 3. The van der Waals surface area contributed by atoms with Crippen molar-refractivity contribution in [2.24, 2.45) is 4.99 Å². The number of carbonyl (C=O) groups excluding carboxylic acids is 1. The third-order valence-electron chi connectivity index (χ3n) is 4.09. The maximum atomic E-state index is 11.6. The molecule has 1 heterocycles. The molecule has 1 amide bonds. The van der Waals surface area contributed by atoms with Crippen LogP contribution in [0.2, 0.25) is 0 Å². The minimum Gasteiger partial charge on any atom is -0.506 e. The van der Waals surface area contributed by atoms with Crippen molar-refractivity contribution in [3.8, 4) is 5.75 Å². The molecule has 8 heteroatoms. The molecular weight excluding hydrogens is 346 g/mol. The molecule has 0 unspecified atom stereocenters. The van der Waals surface area contributed by atoms with Gasteiger partial charge in [-0.15, -0.1) is 0 Å². The van der Waals surface area contributed by atoms with Crippen molar-refractivity contribution in [2.45, 2.75) is 26.4 Å². The summed E-state index contributed by atoms with van der Waals surface area (Å²) in [6.45, 7) is 9.71. The summed E-state index contributed by atoms with van der Waals surface area (Å²) in [6, 6.07) is 7.39. The summed E-state index contributed by atoms with van der Waals surface area (Å²) in [5.74, 6) is 1.11. The number of aromatic hydroxyl groups is 1. The molecule has 0 saturated carbocycles. The van der Waals surface area contributed by atoms with Gasteiger partial charge in [0.25, 0.3) is 0 Å². The topological polar surface area (TPSA) is 89.4 Å². The summed E-state index contributed by atoms with van der Waals surface area (Å²) >= 11 is 0. The van der Waals surface area contributed by atoms with Gasteiger partial charge in [-0.25, -0.2) is 4.79 Å². The smallest absolute Gasteiger partial charge is 0.407 e. The number of nitrogens with zero attached hydrogens (tertiary/aromatic N) is 3. The number of hydrogen-bond acceptors (Lipinski definition) is 5. The van der Waals surface area contributed by atoms with Gasteiger partial charge >= 0.3 is 6.09 Å². The summed E-state index contributed by atoms with van der Waals surface area (Å²) in [5.41, 5.74) is 0.363. The highest BCUT2D eigenvalue weighted by Crippen LogP contribution is 2.27. The monoisotopic (exact) mass is 377 g/mol. The normalized spacial score (nSPS) is 15.5. The number of aliphatic imine (C=N–C) groups is 1. The zero-order valence-corrected chi connectivity index (χ0v) is 16.7. The third-order valence-corrected chi connectivity index (χ3v) is 4.09. The predicted octanol–water partition coefficient (Wildman–Crippen LogP) is 1.61. The van der Waals surface area contributed by atoms with E-state index in [2.05, 4.69) is 25.4 Å². The van der Waals surface area contributed by atoms with Crippen molar-refractivity contribution in [1.29, 1.82) is 0 Å². The average molecular weight is 377 g/mol. The lowest BCUT2D eigenvalue weighted by atomic mass is 10.2. The fourth-order valence-corrected chi connectivity index (χ4v) is 2.88. The highest BCUT2D eigenvalue weighted by molar-refractivity contribution is 5.80. The molecule has 1 aromatic rings. The number of anilines is 1. The van der Waals surface area contributed by atoms with Gasteiger partial charge in [-0.05, 0) is 32.9 Å². The molecule has 8 nitrogen and oxygen atoms in total. The van der Waals surface area contributed by atoms with Crippen molar-refractivity contribution in [2.75, 3.05) is 51.2 Å². The van der Waals surface area contributed by atoms with E-state index in [1.807, 2.05) is 39.0 Å². The second-order valence-corrected chi connectivity index (χ2v) is 7.37. The van der Waals surface area contributed by atoms with Gasteiger partial charge in [0.1, 0.15) is 11.4 Å². The lowest BCUT2D eigenvalue weighted by molar-refractivity contribution is 0.0529. The Hall–Kier alpha value is -2.64. The Bertz CT molecular complexity index is 649. The van der Waals surface area contributed by atoms with E-state index in [0.29, 0.717) is 18.8 Å². The van der Waals surface area contributed by atoms with Crippen LogP contribution in [0.4, 0.5) is 10.5 Å². The molecule has 1 fully saturated rings. The van der Waals surface area contributed by atoms with E-state index < -0.39 is 11.7 Å². The number of phenols is 1. The first kappa shape index (κ1) is 20.7. The van der Waals surface area contributed by atoms with Crippen LogP contribution in [-0.4, -0.2) is 74.0 Å². The van der Waals surface area contributed by atoms with Gasteiger partial charge in [0.15, 0.2) is 5.96 Å². The van der Waals surface area contributed by atoms with Gasteiger partial charge in [0.2, 0.25) is 0 Å². The fraction of sp³-hybridized carbons (Fsp3) is 0.579. The van der Waals surface area contributed by atoms with Gasteiger partial charge in [-0.1, -0.05) is 12.1 Å². The molecule has 0 spiro atoms. The van der Waals surface area contributed by atoms with Crippen LogP contribution in [0.15, 0.2) is 29.3 Å². The maximum absolute atomic E-state index is 11.6. The van der Waals surface area contributed by atoms with E-state index in [4.69, 9.17) is 4.74 Å². The highest BCUT2D eigenvalue weighted by atomic mass is 16.6. The Kier molecular flexibility index (Phi) is 7.15. The molecular formula is C19H31N5O3. The standard InChI is InChI=1S/C19H31N5O3/c1-19(2,3)27-18(26)22-10-9-21-17(20-4)24-13-11-23(12-14-24)15-7-5-6-8-16(15)25/h5-8,25H,9-14H2,1-4H3,(H,20,21)(H,22,26). The third kappa shape index (κ3) is 6.54. The molecule has 0 radical (unpaired) electrons. The number of benzene rings is 1. The van der Waals surface area contributed by atoms with Crippen LogP contribution in [0.25, 0.3) is 0 Å². The van der Waals surface area contributed by atoms with E-state index in [-0.39, 0.29) is 0 Å². The summed E-state index contributed by atoms with van der Waals surface area (Å²) in [4.78, 5) is 20.3. The van der Waals surface area contributed by atoms with Crippen molar-refractivity contribution >= 4 is 17.7 Å².